The van der Waals surface area contributed by atoms with Gasteiger partial charge in [0.15, 0.2) is 0 Å². The number of hydrogen-bond donors (Lipinski definition) is 3. The lowest BCUT2D eigenvalue weighted by atomic mass is 9.69. The Morgan fingerprint density at radius 2 is 0.761 bits per heavy atom. The zero-order valence-electron chi connectivity index (χ0n) is 32.1. The molecule has 1 unspecified atom stereocenters. The fourth-order valence-corrected chi connectivity index (χ4v) is 8.71. The van der Waals surface area contributed by atoms with Gasteiger partial charge in [-0.2, -0.15) is 0 Å². The second-order valence-electron chi connectivity index (χ2n) is 16.3. The summed E-state index contributed by atoms with van der Waals surface area (Å²) in [7, 11) is 0. The molecule has 0 aliphatic heterocycles. The van der Waals surface area contributed by atoms with E-state index in [4.69, 9.17) is 0 Å². The highest BCUT2D eigenvalue weighted by atomic mass is 16.3. The van der Waals surface area contributed by atoms with Crippen molar-refractivity contribution in [2.75, 3.05) is 0 Å². The van der Waals surface area contributed by atoms with Crippen molar-refractivity contribution < 1.29 is 15.3 Å². The molecule has 3 heteroatoms. The molecule has 0 saturated heterocycles. The first-order valence-electron chi connectivity index (χ1n) is 17.6. The van der Waals surface area contributed by atoms with E-state index in [0.717, 1.165) is 70.2 Å². The molecule has 3 N–H and O–H groups in total. The van der Waals surface area contributed by atoms with Crippen molar-refractivity contribution in [3.63, 3.8) is 0 Å². The van der Waals surface area contributed by atoms with Crippen LogP contribution in [0.5, 0.6) is 17.2 Å². The molecule has 0 spiro atoms. The van der Waals surface area contributed by atoms with E-state index in [0.29, 0.717) is 17.2 Å². The number of hydrogen-bond acceptors (Lipinski definition) is 3. The molecule has 0 radical (unpaired) electrons. The Kier molecular flexibility index (Phi) is 10.8. The molecule has 0 aromatic heterocycles. The molecule has 0 aliphatic carbocycles. The topological polar surface area (TPSA) is 60.7 Å². The molecule has 0 amide bonds. The van der Waals surface area contributed by atoms with Crippen molar-refractivity contribution in [2.45, 2.75) is 165 Å². The van der Waals surface area contributed by atoms with Gasteiger partial charge < -0.3 is 15.3 Å². The maximum atomic E-state index is 11.4. The summed E-state index contributed by atoms with van der Waals surface area (Å²) in [5.74, 6) is 1.36. The van der Waals surface area contributed by atoms with Gasteiger partial charge in [-0.3, -0.25) is 0 Å². The zero-order valence-corrected chi connectivity index (χ0v) is 32.1. The Morgan fingerprint density at radius 3 is 1.04 bits per heavy atom. The highest BCUT2D eigenvalue weighted by molar-refractivity contribution is 5.60. The van der Waals surface area contributed by atoms with Crippen LogP contribution < -0.4 is 0 Å². The van der Waals surface area contributed by atoms with Crippen LogP contribution in [0, 0.1) is 41.5 Å². The molecule has 46 heavy (non-hydrogen) atoms. The molecule has 3 nitrogen and oxygen atoms in total. The fraction of sp³-hybridized carbons (Fsp3) is 0.581. The number of aromatic hydroxyl groups is 3. The number of phenolic OH excluding ortho intramolecular Hbond substituents is 3. The van der Waals surface area contributed by atoms with Crippen molar-refractivity contribution in [2.24, 2.45) is 0 Å². The lowest BCUT2D eigenvalue weighted by Gasteiger charge is -2.36. The average molecular weight is 629 g/mol. The maximum absolute atomic E-state index is 11.4. The van der Waals surface area contributed by atoms with Gasteiger partial charge >= 0.3 is 0 Å². The molecule has 254 valence electrons. The minimum atomic E-state index is -0.189. The zero-order chi connectivity index (χ0) is 35.3. The van der Waals surface area contributed by atoms with E-state index < -0.39 is 0 Å². The van der Waals surface area contributed by atoms with E-state index in [1.807, 2.05) is 18.2 Å². The number of benzene rings is 3. The van der Waals surface area contributed by atoms with Crippen molar-refractivity contribution in [3.8, 4) is 17.2 Å². The largest absolute Gasteiger partial charge is 0.508 e. The smallest absolute Gasteiger partial charge is 0.119 e. The van der Waals surface area contributed by atoms with Crippen molar-refractivity contribution in [3.05, 3.63) is 85.0 Å². The quantitative estimate of drug-likeness (QED) is 0.198. The summed E-state index contributed by atoms with van der Waals surface area (Å²) in [6, 6.07) is 5.93. The van der Waals surface area contributed by atoms with Gasteiger partial charge in [0.05, 0.1) is 0 Å². The highest BCUT2D eigenvalue weighted by Gasteiger charge is 2.35. The monoisotopic (exact) mass is 628 g/mol. The van der Waals surface area contributed by atoms with Crippen LogP contribution in [-0.2, 0) is 16.2 Å². The summed E-state index contributed by atoms with van der Waals surface area (Å²) in [5, 5.41) is 33.9. The summed E-state index contributed by atoms with van der Waals surface area (Å²) in [6.45, 7) is 35.3. The lowest BCUT2D eigenvalue weighted by molar-refractivity contribution is 0.424. The minimum Gasteiger partial charge on any atom is -0.508 e. The van der Waals surface area contributed by atoms with Crippen LogP contribution in [0.2, 0.25) is 0 Å². The Balaban J connectivity index is 2.48. The van der Waals surface area contributed by atoms with Crippen molar-refractivity contribution >= 4 is 0 Å². The number of rotatable bonds is 11. The first-order chi connectivity index (χ1) is 21.1. The van der Waals surface area contributed by atoms with E-state index >= 15 is 0 Å². The third-order valence-electron chi connectivity index (χ3n) is 11.9. The maximum Gasteiger partial charge on any atom is 0.119 e. The molecule has 1 atom stereocenters. The first-order valence-corrected chi connectivity index (χ1v) is 17.6. The summed E-state index contributed by atoms with van der Waals surface area (Å²) in [6.07, 6.45) is 3.62. The lowest BCUT2D eigenvalue weighted by Crippen LogP contribution is -2.23. The van der Waals surface area contributed by atoms with Crippen molar-refractivity contribution in [1.82, 2.24) is 0 Å². The third-order valence-corrected chi connectivity index (χ3v) is 11.9. The Hall–Kier alpha value is -2.94. The van der Waals surface area contributed by atoms with Crippen LogP contribution in [0.15, 0.2) is 18.2 Å². The van der Waals surface area contributed by atoms with E-state index in [-0.39, 0.29) is 28.1 Å². The minimum absolute atomic E-state index is 0.0317. The predicted octanol–water partition coefficient (Wildman–Crippen LogP) is 12.0. The fourth-order valence-electron chi connectivity index (χ4n) is 8.71. The molecular weight excluding hydrogens is 564 g/mol. The number of phenols is 3. The standard InChI is InChI=1S/C43H64O3/c1-17-41(11,12)38-28(8)35(25(5)21-32(38)44)24(4)20-31(36-26(6)22-33(45)39(29(36)9)42(13,14)18-2)37-27(7)23-34(46)40(30(37)10)43(15,16)19-3/h21-24,31,44-46H,17-20H2,1-16H3. The van der Waals surface area contributed by atoms with Crippen LogP contribution in [0.1, 0.15) is 174 Å². The van der Waals surface area contributed by atoms with Crippen LogP contribution in [-0.4, -0.2) is 15.3 Å². The Bertz CT molecular complexity index is 1520. The van der Waals surface area contributed by atoms with Crippen molar-refractivity contribution in [1.29, 1.82) is 0 Å². The van der Waals surface area contributed by atoms with Crippen LogP contribution >= 0.6 is 0 Å². The van der Waals surface area contributed by atoms with E-state index in [9.17, 15) is 15.3 Å². The SMILES string of the molecule is CCC(C)(C)c1c(O)cc(C)c(C(C)CC(c2c(C)cc(O)c(C(C)(C)CC)c2C)c2c(C)cc(O)c(C(C)(C)CC)c2C)c1C. The van der Waals surface area contributed by atoms with E-state index in [1.165, 1.54) is 22.3 Å². The second-order valence-corrected chi connectivity index (χ2v) is 16.3. The van der Waals surface area contributed by atoms with Crippen LogP contribution in [0.25, 0.3) is 0 Å². The van der Waals surface area contributed by atoms with Gasteiger partial charge in [-0.05, 0) is 158 Å². The molecule has 3 rings (SSSR count). The van der Waals surface area contributed by atoms with E-state index in [2.05, 4.69) is 111 Å². The van der Waals surface area contributed by atoms with Crippen LogP contribution in [0.4, 0.5) is 0 Å². The molecule has 0 aliphatic rings. The van der Waals surface area contributed by atoms with Gasteiger partial charge in [-0.25, -0.2) is 0 Å². The number of aryl methyl sites for hydroxylation is 3. The average Bonchev–Trinajstić information content (AvgIpc) is 2.91. The molecule has 0 fully saturated rings. The van der Waals surface area contributed by atoms with Gasteiger partial charge in [-0.15, -0.1) is 0 Å². The van der Waals surface area contributed by atoms with Gasteiger partial charge in [-0.1, -0.05) is 69.2 Å². The first kappa shape index (κ1) is 37.5. The normalized spacial score (nSPS) is 13.5. The highest BCUT2D eigenvalue weighted by Crippen LogP contribution is 2.50. The molecule has 0 heterocycles. The molecule has 3 aromatic carbocycles. The molecule has 3 aromatic rings. The Labute approximate surface area is 281 Å². The summed E-state index contributed by atoms with van der Waals surface area (Å²) < 4.78 is 0. The van der Waals surface area contributed by atoms with Gasteiger partial charge in [0.25, 0.3) is 0 Å². The summed E-state index contributed by atoms with van der Waals surface area (Å²) >= 11 is 0. The molecule has 0 bridgehead atoms. The molecular formula is C43H64O3. The van der Waals surface area contributed by atoms with Crippen LogP contribution in [0.3, 0.4) is 0 Å². The van der Waals surface area contributed by atoms with E-state index in [1.54, 1.807) is 0 Å². The predicted molar refractivity (Wildman–Crippen MR) is 198 cm³/mol. The van der Waals surface area contributed by atoms with Gasteiger partial charge in [0.2, 0.25) is 0 Å². The van der Waals surface area contributed by atoms with Gasteiger partial charge in [0.1, 0.15) is 17.2 Å². The third kappa shape index (κ3) is 6.58. The second kappa shape index (κ2) is 13.3. The van der Waals surface area contributed by atoms with Gasteiger partial charge in [0, 0.05) is 22.6 Å². The molecule has 0 saturated carbocycles. The summed E-state index contributed by atoms with van der Waals surface area (Å²) in [4.78, 5) is 0. The Morgan fingerprint density at radius 1 is 0.500 bits per heavy atom. The summed E-state index contributed by atoms with van der Waals surface area (Å²) in [5.41, 5.74) is 13.3.